The molecule has 8 heteroatoms. The van der Waals surface area contributed by atoms with Crippen molar-refractivity contribution in [2.75, 3.05) is 22.9 Å². The van der Waals surface area contributed by atoms with E-state index in [1.54, 1.807) is 36.4 Å². The van der Waals surface area contributed by atoms with Crippen LogP contribution in [0.2, 0.25) is 10.0 Å². The van der Waals surface area contributed by atoms with Gasteiger partial charge in [0.05, 0.1) is 22.0 Å². The van der Waals surface area contributed by atoms with E-state index in [1.807, 2.05) is 0 Å². The van der Waals surface area contributed by atoms with Crippen LogP contribution >= 0.6 is 23.2 Å². The highest BCUT2D eigenvalue weighted by Gasteiger charge is 2.12. The lowest BCUT2D eigenvalue weighted by atomic mass is 10.2. The molecule has 0 aliphatic rings. The Hall–Kier alpha value is -1.76. The molecule has 0 aromatic heterocycles. The van der Waals surface area contributed by atoms with Gasteiger partial charge < -0.3 is 5.32 Å². The number of rotatable bonds is 4. The molecule has 0 saturated heterocycles. The number of hydrogen-bond acceptors (Lipinski definition) is 3. The lowest BCUT2D eigenvalue weighted by Crippen LogP contribution is -2.24. The first-order valence-electron chi connectivity index (χ1n) is 6.49. The maximum Gasteiger partial charge on any atom is 0.255 e. The zero-order valence-corrected chi connectivity index (χ0v) is 14.7. The van der Waals surface area contributed by atoms with Crippen LogP contribution < -0.4 is 9.62 Å². The molecule has 23 heavy (non-hydrogen) atoms. The second-order valence-electron chi connectivity index (χ2n) is 4.86. The fourth-order valence-corrected chi connectivity index (χ4v) is 2.59. The van der Waals surface area contributed by atoms with E-state index in [2.05, 4.69) is 5.32 Å². The third kappa shape index (κ3) is 4.37. The minimum Gasteiger partial charge on any atom is -0.322 e. The Balaban J connectivity index is 2.14. The van der Waals surface area contributed by atoms with Gasteiger partial charge in [0.2, 0.25) is 10.0 Å². The molecule has 0 heterocycles. The molecule has 2 aromatic carbocycles. The smallest absolute Gasteiger partial charge is 0.255 e. The Labute approximate surface area is 144 Å². The molecule has 0 bridgehead atoms. The van der Waals surface area contributed by atoms with Gasteiger partial charge in [0.25, 0.3) is 5.91 Å². The Morgan fingerprint density at radius 2 is 1.65 bits per heavy atom. The number of hydrogen-bond donors (Lipinski definition) is 1. The summed E-state index contributed by atoms with van der Waals surface area (Å²) < 4.78 is 24.1. The predicted molar refractivity (Wildman–Crippen MR) is 94.1 cm³/mol. The van der Waals surface area contributed by atoms with Crippen molar-refractivity contribution >= 4 is 50.5 Å². The van der Waals surface area contributed by atoms with Gasteiger partial charge in [0, 0.05) is 18.3 Å². The van der Waals surface area contributed by atoms with Crippen LogP contribution in [0.1, 0.15) is 10.4 Å². The molecule has 0 aliphatic carbocycles. The summed E-state index contributed by atoms with van der Waals surface area (Å²) in [7, 11) is -1.87. The number of nitrogens with one attached hydrogen (secondary N) is 1. The average Bonchev–Trinajstić information content (AvgIpc) is 2.49. The maximum atomic E-state index is 12.1. The highest BCUT2D eigenvalue weighted by molar-refractivity contribution is 7.92. The SMILES string of the molecule is CN(c1ccc(NC(=O)c2ccc(Cl)c(Cl)c2)cc1)S(C)(=O)=O. The number of carbonyl (C=O) groups is 1. The van der Waals surface area contributed by atoms with Gasteiger partial charge in [-0.25, -0.2) is 8.42 Å². The minimum absolute atomic E-state index is 0.296. The van der Waals surface area contributed by atoms with Crippen LogP contribution in [0.5, 0.6) is 0 Å². The first-order chi connectivity index (χ1) is 10.7. The van der Waals surface area contributed by atoms with Gasteiger partial charge in [0.15, 0.2) is 0 Å². The molecular weight excluding hydrogens is 359 g/mol. The molecule has 0 aliphatic heterocycles. The largest absolute Gasteiger partial charge is 0.322 e. The van der Waals surface area contributed by atoms with Gasteiger partial charge in [-0.3, -0.25) is 9.10 Å². The van der Waals surface area contributed by atoms with Crippen molar-refractivity contribution in [3.8, 4) is 0 Å². The number of benzene rings is 2. The maximum absolute atomic E-state index is 12.1. The standard InChI is InChI=1S/C15H14Cl2N2O3S/c1-19(23(2,21)22)12-6-4-11(5-7-12)18-15(20)10-3-8-13(16)14(17)9-10/h3-9H,1-2H3,(H,18,20). The molecule has 0 atom stereocenters. The number of halogens is 2. The number of sulfonamides is 1. The number of anilines is 2. The summed E-state index contributed by atoms with van der Waals surface area (Å²) in [6.07, 6.45) is 1.12. The van der Waals surface area contributed by atoms with Crippen LogP contribution in [-0.4, -0.2) is 27.6 Å². The third-order valence-corrected chi connectivity index (χ3v) is 5.11. The van der Waals surface area contributed by atoms with Crippen LogP contribution in [0.15, 0.2) is 42.5 Å². The molecule has 122 valence electrons. The molecule has 5 nitrogen and oxygen atoms in total. The Morgan fingerprint density at radius 1 is 1.04 bits per heavy atom. The van der Waals surface area contributed by atoms with Gasteiger partial charge in [-0.15, -0.1) is 0 Å². The normalized spacial score (nSPS) is 11.1. The number of carbonyl (C=O) groups excluding carboxylic acids is 1. The Kier molecular flexibility index (Phi) is 5.19. The monoisotopic (exact) mass is 372 g/mol. The minimum atomic E-state index is -3.32. The summed E-state index contributed by atoms with van der Waals surface area (Å²) in [5, 5.41) is 3.37. The molecule has 2 aromatic rings. The molecule has 0 saturated carbocycles. The summed E-state index contributed by atoms with van der Waals surface area (Å²) in [5.74, 6) is -0.340. The highest BCUT2D eigenvalue weighted by atomic mass is 35.5. The lowest BCUT2D eigenvalue weighted by molar-refractivity contribution is 0.102. The van der Waals surface area contributed by atoms with Crippen molar-refractivity contribution in [2.45, 2.75) is 0 Å². The molecular formula is C15H14Cl2N2O3S. The summed E-state index contributed by atoms with van der Waals surface area (Å²) >= 11 is 11.7. The summed E-state index contributed by atoms with van der Waals surface area (Å²) in [6.45, 7) is 0. The van der Waals surface area contributed by atoms with E-state index in [9.17, 15) is 13.2 Å². The summed E-state index contributed by atoms with van der Waals surface area (Å²) in [5.41, 5.74) is 1.41. The van der Waals surface area contributed by atoms with E-state index < -0.39 is 10.0 Å². The van der Waals surface area contributed by atoms with E-state index in [0.29, 0.717) is 27.0 Å². The van der Waals surface area contributed by atoms with Crippen LogP contribution in [0.25, 0.3) is 0 Å². The van der Waals surface area contributed by atoms with Gasteiger partial charge >= 0.3 is 0 Å². The highest BCUT2D eigenvalue weighted by Crippen LogP contribution is 2.24. The average molecular weight is 373 g/mol. The van der Waals surface area contributed by atoms with Crippen molar-refractivity contribution in [3.05, 3.63) is 58.1 Å². The van der Waals surface area contributed by atoms with E-state index >= 15 is 0 Å². The molecule has 0 radical (unpaired) electrons. The zero-order valence-electron chi connectivity index (χ0n) is 12.4. The van der Waals surface area contributed by atoms with E-state index in [-0.39, 0.29) is 5.91 Å². The molecule has 1 N–H and O–H groups in total. The molecule has 0 fully saturated rings. The zero-order chi connectivity index (χ0) is 17.2. The van der Waals surface area contributed by atoms with Gasteiger partial charge in [-0.05, 0) is 42.5 Å². The van der Waals surface area contributed by atoms with Crippen LogP contribution in [-0.2, 0) is 10.0 Å². The van der Waals surface area contributed by atoms with Gasteiger partial charge in [0.1, 0.15) is 0 Å². The van der Waals surface area contributed by atoms with Crippen LogP contribution in [0.4, 0.5) is 11.4 Å². The first kappa shape index (κ1) is 17.6. The van der Waals surface area contributed by atoms with Crippen molar-refractivity contribution < 1.29 is 13.2 Å². The van der Waals surface area contributed by atoms with Gasteiger partial charge in [-0.2, -0.15) is 0 Å². The Bertz CT molecular complexity index is 836. The van der Waals surface area contributed by atoms with Crippen molar-refractivity contribution in [1.29, 1.82) is 0 Å². The number of amides is 1. The quantitative estimate of drug-likeness (QED) is 0.890. The Morgan fingerprint density at radius 3 is 2.17 bits per heavy atom. The van der Waals surface area contributed by atoms with Crippen LogP contribution in [0.3, 0.4) is 0 Å². The lowest BCUT2D eigenvalue weighted by Gasteiger charge is -2.16. The van der Waals surface area contributed by atoms with Crippen molar-refractivity contribution in [2.24, 2.45) is 0 Å². The van der Waals surface area contributed by atoms with Gasteiger partial charge in [-0.1, -0.05) is 23.2 Å². The second-order valence-corrected chi connectivity index (χ2v) is 7.69. The van der Waals surface area contributed by atoms with E-state index in [1.165, 1.54) is 13.1 Å². The summed E-state index contributed by atoms with van der Waals surface area (Å²) in [6, 6.07) is 11.0. The molecule has 1 amide bonds. The fourth-order valence-electron chi connectivity index (χ4n) is 1.79. The molecule has 0 unspecified atom stereocenters. The summed E-state index contributed by atoms with van der Waals surface area (Å²) in [4.78, 5) is 12.1. The number of nitrogens with zero attached hydrogens (tertiary/aromatic N) is 1. The third-order valence-electron chi connectivity index (χ3n) is 3.17. The van der Waals surface area contributed by atoms with Crippen molar-refractivity contribution in [3.63, 3.8) is 0 Å². The van der Waals surface area contributed by atoms with E-state index in [4.69, 9.17) is 23.2 Å². The van der Waals surface area contributed by atoms with Crippen molar-refractivity contribution in [1.82, 2.24) is 0 Å². The van der Waals surface area contributed by atoms with E-state index in [0.717, 1.165) is 10.6 Å². The molecule has 2 rings (SSSR count). The first-order valence-corrected chi connectivity index (χ1v) is 9.09. The fraction of sp³-hybridized carbons (Fsp3) is 0.133. The predicted octanol–water partition coefficient (Wildman–Crippen LogP) is 3.64. The topological polar surface area (TPSA) is 66.5 Å². The van der Waals surface area contributed by atoms with Crippen LogP contribution in [0, 0.1) is 0 Å². The second kappa shape index (κ2) is 6.78. The molecule has 0 spiro atoms.